The predicted octanol–water partition coefficient (Wildman–Crippen LogP) is 2.75. The highest BCUT2D eigenvalue weighted by atomic mass is 16.5. The molecule has 1 fully saturated rings. The number of hydrogen-bond donors (Lipinski definition) is 1. The van der Waals surface area contributed by atoms with Crippen molar-refractivity contribution in [1.82, 2.24) is 10.2 Å². The molecule has 7 nitrogen and oxygen atoms in total. The number of ether oxygens (including phenoxy) is 2. The van der Waals surface area contributed by atoms with E-state index in [-0.39, 0.29) is 18.9 Å². The summed E-state index contributed by atoms with van der Waals surface area (Å²) in [6, 6.07) is 3.76. The number of aryl methyl sites for hydroxylation is 1. The molecule has 2 atom stereocenters. The van der Waals surface area contributed by atoms with Crippen LogP contribution in [0.1, 0.15) is 45.2 Å². The van der Waals surface area contributed by atoms with Gasteiger partial charge in [0.05, 0.1) is 13.7 Å². The first-order valence-electron chi connectivity index (χ1n) is 9.13. The average Bonchev–Trinajstić information content (AvgIpc) is 2.84. The van der Waals surface area contributed by atoms with Crippen LogP contribution in [0.3, 0.4) is 0 Å². The Kier molecular flexibility index (Phi) is 6.13. The van der Waals surface area contributed by atoms with E-state index in [9.17, 15) is 14.4 Å². The smallest absolute Gasteiger partial charge is 0.329 e. The SMILES string of the molecule is CCC(C(=O)OCC(C)C)N1C(=O)NC(C)(c2ccc(OC)c(C)c2)C1=O. The van der Waals surface area contributed by atoms with Gasteiger partial charge in [0.25, 0.3) is 5.91 Å². The lowest BCUT2D eigenvalue weighted by Gasteiger charge is -2.26. The Labute approximate surface area is 160 Å². The minimum absolute atomic E-state index is 0.169. The summed E-state index contributed by atoms with van der Waals surface area (Å²) in [7, 11) is 1.57. The Morgan fingerprint density at radius 3 is 2.48 bits per heavy atom. The fraction of sp³-hybridized carbons (Fsp3) is 0.550. The molecule has 3 amide bonds. The Bertz CT molecular complexity index is 746. The van der Waals surface area contributed by atoms with E-state index in [1.807, 2.05) is 20.8 Å². The summed E-state index contributed by atoms with van der Waals surface area (Å²) in [5, 5.41) is 2.73. The van der Waals surface area contributed by atoms with Crippen LogP contribution in [-0.2, 0) is 19.9 Å². The molecule has 1 aliphatic heterocycles. The van der Waals surface area contributed by atoms with Gasteiger partial charge in [-0.2, -0.15) is 0 Å². The van der Waals surface area contributed by atoms with E-state index in [4.69, 9.17) is 9.47 Å². The van der Waals surface area contributed by atoms with Crippen LogP contribution < -0.4 is 10.1 Å². The molecule has 148 valence electrons. The molecule has 2 unspecified atom stereocenters. The maximum atomic E-state index is 13.2. The van der Waals surface area contributed by atoms with Crippen molar-refractivity contribution in [2.24, 2.45) is 5.92 Å². The molecular formula is C20H28N2O5. The fourth-order valence-electron chi connectivity index (χ4n) is 3.13. The lowest BCUT2D eigenvalue weighted by Crippen LogP contribution is -2.47. The number of hydrogen-bond acceptors (Lipinski definition) is 5. The van der Waals surface area contributed by atoms with Crippen LogP contribution in [0.5, 0.6) is 5.75 Å². The Morgan fingerprint density at radius 2 is 1.96 bits per heavy atom. The van der Waals surface area contributed by atoms with Crippen LogP contribution in [0.4, 0.5) is 4.79 Å². The first-order chi connectivity index (χ1) is 12.7. The summed E-state index contributed by atoms with van der Waals surface area (Å²) < 4.78 is 10.5. The van der Waals surface area contributed by atoms with Crippen molar-refractivity contribution in [3.05, 3.63) is 29.3 Å². The Morgan fingerprint density at radius 1 is 1.30 bits per heavy atom. The van der Waals surface area contributed by atoms with Crippen molar-refractivity contribution >= 4 is 17.9 Å². The van der Waals surface area contributed by atoms with Gasteiger partial charge in [-0.25, -0.2) is 14.5 Å². The highest BCUT2D eigenvalue weighted by Gasteiger charge is 2.52. The van der Waals surface area contributed by atoms with Gasteiger partial charge in [0.1, 0.15) is 17.3 Å². The zero-order chi connectivity index (χ0) is 20.4. The molecule has 1 heterocycles. The molecule has 7 heteroatoms. The normalized spacial score (nSPS) is 20.6. The van der Waals surface area contributed by atoms with Crippen LogP contribution in [-0.4, -0.2) is 42.6 Å². The summed E-state index contributed by atoms with van der Waals surface area (Å²) in [5.74, 6) is -0.169. The number of carbonyl (C=O) groups excluding carboxylic acids is 3. The molecule has 1 saturated heterocycles. The molecule has 0 radical (unpaired) electrons. The first-order valence-corrected chi connectivity index (χ1v) is 9.13. The van der Waals surface area contributed by atoms with Gasteiger partial charge in [-0.05, 0) is 49.4 Å². The molecule has 1 aliphatic rings. The van der Waals surface area contributed by atoms with Gasteiger partial charge >= 0.3 is 12.0 Å². The number of esters is 1. The summed E-state index contributed by atoms with van der Waals surface area (Å²) in [4.78, 5) is 39.2. The zero-order valence-corrected chi connectivity index (χ0v) is 16.8. The van der Waals surface area contributed by atoms with Crippen LogP contribution in [0.25, 0.3) is 0 Å². The summed E-state index contributed by atoms with van der Waals surface area (Å²) >= 11 is 0. The van der Waals surface area contributed by atoms with Crippen molar-refractivity contribution in [3.63, 3.8) is 0 Å². The molecule has 0 bridgehead atoms. The number of nitrogens with zero attached hydrogens (tertiary/aromatic N) is 1. The van der Waals surface area contributed by atoms with Gasteiger partial charge in [0, 0.05) is 0 Å². The van der Waals surface area contributed by atoms with Crippen molar-refractivity contribution in [2.75, 3.05) is 13.7 Å². The van der Waals surface area contributed by atoms with E-state index < -0.39 is 29.5 Å². The van der Waals surface area contributed by atoms with Crippen LogP contribution in [0, 0.1) is 12.8 Å². The van der Waals surface area contributed by atoms with Crippen molar-refractivity contribution in [1.29, 1.82) is 0 Å². The Hall–Kier alpha value is -2.57. The largest absolute Gasteiger partial charge is 0.496 e. The summed E-state index contributed by atoms with van der Waals surface area (Å²) in [6.45, 7) is 9.34. The number of nitrogens with one attached hydrogen (secondary N) is 1. The van der Waals surface area contributed by atoms with Gasteiger partial charge in [-0.1, -0.05) is 26.8 Å². The molecule has 0 spiro atoms. The van der Waals surface area contributed by atoms with Gasteiger partial charge in [0.2, 0.25) is 0 Å². The third-order valence-corrected chi connectivity index (χ3v) is 4.72. The monoisotopic (exact) mass is 376 g/mol. The van der Waals surface area contributed by atoms with E-state index in [2.05, 4.69) is 5.32 Å². The topological polar surface area (TPSA) is 84.9 Å². The highest BCUT2D eigenvalue weighted by molar-refractivity contribution is 6.09. The van der Waals surface area contributed by atoms with Crippen LogP contribution >= 0.6 is 0 Å². The molecule has 1 aromatic carbocycles. The quantitative estimate of drug-likeness (QED) is 0.584. The average molecular weight is 376 g/mol. The summed E-state index contributed by atoms with van der Waals surface area (Å²) in [5.41, 5.74) is 0.229. The summed E-state index contributed by atoms with van der Waals surface area (Å²) in [6.07, 6.45) is 0.286. The number of methoxy groups -OCH3 is 1. The molecule has 27 heavy (non-hydrogen) atoms. The minimum Gasteiger partial charge on any atom is -0.496 e. The Balaban J connectivity index is 2.31. The van der Waals surface area contributed by atoms with Crippen molar-refractivity contribution in [2.45, 2.75) is 52.6 Å². The number of amides is 3. The maximum Gasteiger partial charge on any atom is 0.329 e. The van der Waals surface area contributed by atoms with Gasteiger partial charge in [-0.3, -0.25) is 4.79 Å². The van der Waals surface area contributed by atoms with E-state index in [0.29, 0.717) is 11.3 Å². The lowest BCUT2D eigenvalue weighted by molar-refractivity contribution is -0.154. The van der Waals surface area contributed by atoms with E-state index >= 15 is 0 Å². The third-order valence-electron chi connectivity index (χ3n) is 4.72. The zero-order valence-electron chi connectivity index (χ0n) is 16.8. The predicted molar refractivity (Wildman–Crippen MR) is 100 cm³/mol. The van der Waals surface area contributed by atoms with Gasteiger partial charge in [0.15, 0.2) is 0 Å². The molecular weight excluding hydrogens is 348 g/mol. The second kappa shape index (κ2) is 7.98. The van der Waals surface area contributed by atoms with Crippen molar-refractivity contribution < 1.29 is 23.9 Å². The number of carbonyl (C=O) groups is 3. The maximum absolute atomic E-state index is 13.2. The fourth-order valence-corrected chi connectivity index (χ4v) is 3.13. The van der Waals surface area contributed by atoms with E-state index in [1.54, 1.807) is 39.2 Å². The van der Waals surface area contributed by atoms with Crippen molar-refractivity contribution in [3.8, 4) is 5.75 Å². The molecule has 1 aromatic rings. The standard InChI is InChI=1S/C20H28N2O5/c1-7-15(17(23)27-11-12(2)3)22-18(24)20(5,21-19(22)25)14-8-9-16(26-6)13(4)10-14/h8-10,12,15H,7,11H2,1-6H3,(H,21,25). The second-order valence-corrected chi connectivity index (χ2v) is 7.36. The second-order valence-electron chi connectivity index (χ2n) is 7.36. The minimum atomic E-state index is -1.25. The first kappa shape index (κ1) is 20.7. The van der Waals surface area contributed by atoms with E-state index in [1.165, 1.54) is 0 Å². The molecule has 0 aromatic heterocycles. The van der Waals surface area contributed by atoms with Crippen LogP contribution in [0.15, 0.2) is 18.2 Å². The number of urea groups is 1. The molecule has 1 N–H and O–H groups in total. The molecule has 0 aliphatic carbocycles. The van der Waals surface area contributed by atoms with E-state index in [0.717, 1.165) is 10.5 Å². The van der Waals surface area contributed by atoms with Gasteiger partial charge < -0.3 is 14.8 Å². The lowest BCUT2D eigenvalue weighted by atomic mass is 9.90. The van der Waals surface area contributed by atoms with Crippen LogP contribution in [0.2, 0.25) is 0 Å². The third kappa shape index (κ3) is 3.91. The number of imide groups is 1. The van der Waals surface area contributed by atoms with Gasteiger partial charge in [-0.15, -0.1) is 0 Å². The molecule has 2 rings (SSSR count). The molecule has 0 saturated carbocycles. The highest BCUT2D eigenvalue weighted by Crippen LogP contribution is 2.33. The number of benzene rings is 1. The number of rotatable bonds is 7.